The molecule has 1 amide bonds. The second kappa shape index (κ2) is 9.83. The Bertz CT molecular complexity index is 807. The number of amides is 1. The van der Waals surface area contributed by atoms with Gasteiger partial charge >= 0.3 is 0 Å². The average Bonchev–Trinajstić information content (AvgIpc) is 3.02. The highest BCUT2D eigenvalue weighted by atomic mass is 16.5. The van der Waals surface area contributed by atoms with E-state index in [2.05, 4.69) is 22.3 Å². The molecule has 0 aliphatic carbocycles. The van der Waals surface area contributed by atoms with Gasteiger partial charge < -0.3 is 19.7 Å². The van der Waals surface area contributed by atoms with Crippen LogP contribution in [-0.2, 0) is 4.79 Å². The highest BCUT2D eigenvalue weighted by Crippen LogP contribution is 2.31. The maximum atomic E-state index is 12.3. The van der Waals surface area contributed by atoms with E-state index in [1.165, 1.54) is 37.4 Å². The van der Waals surface area contributed by atoms with Crippen LogP contribution in [0.4, 0.5) is 11.4 Å². The number of ether oxygens (including phenoxy) is 2. The van der Waals surface area contributed by atoms with Crippen molar-refractivity contribution in [3.8, 4) is 11.5 Å². The monoisotopic (exact) mass is 380 g/mol. The van der Waals surface area contributed by atoms with Gasteiger partial charge in [0.25, 0.3) is 0 Å². The maximum Gasteiger partial charge on any atom is 0.248 e. The Kier molecular flexibility index (Phi) is 6.95. The number of hydrogen-bond donors (Lipinski definition) is 1. The fourth-order valence-electron chi connectivity index (χ4n) is 3.48. The molecule has 0 radical (unpaired) electrons. The van der Waals surface area contributed by atoms with E-state index >= 15 is 0 Å². The molecule has 2 aromatic rings. The van der Waals surface area contributed by atoms with Gasteiger partial charge in [-0.1, -0.05) is 25.0 Å². The highest BCUT2D eigenvalue weighted by molar-refractivity contribution is 6.02. The summed E-state index contributed by atoms with van der Waals surface area (Å²) >= 11 is 0. The van der Waals surface area contributed by atoms with E-state index in [4.69, 9.17) is 9.47 Å². The largest absolute Gasteiger partial charge is 0.493 e. The fraction of sp³-hybridized carbons (Fsp3) is 0.348. The van der Waals surface area contributed by atoms with Gasteiger partial charge in [0.1, 0.15) is 0 Å². The van der Waals surface area contributed by atoms with Crippen molar-refractivity contribution in [1.29, 1.82) is 0 Å². The minimum absolute atomic E-state index is 0.188. The number of methoxy groups -OCH3 is 2. The molecule has 1 N–H and O–H groups in total. The van der Waals surface area contributed by atoms with Crippen LogP contribution >= 0.6 is 0 Å². The molecule has 1 heterocycles. The van der Waals surface area contributed by atoms with Crippen molar-refractivity contribution in [2.75, 3.05) is 37.5 Å². The number of anilines is 2. The molecular weight excluding hydrogens is 352 g/mol. The van der Waals surface area contributed by atoms with Crippen LogP contribution < -0.4 is 19.7 Å². The minimum atomic E-state index is -0.188. The maximum absolute atomic E-state index is 12.3. The third-order valence-electron chi connectivity index (χ3n) is 4.95. The molecule has 1 saturated heterocycles. The van der Waals surface area contributed by atoms with Gasteiger partial charge in [-0.3, -0.25) is 4.79 Å². The predicted molar refractivity (Wildman–Crippen MR) is 114 cm³/mol. The number of para-hydroxylation sites is 1. The van der Waals surface area contributed by atoms with Crippen molar-refractivity contribution >= 4 is 23.4 Å². The van der Waals surface area contributed by atoms with E-state index in [9.17, 15) is 4.79 Å². The molecule has 3 rings (SSSR count). The van der Waals surface area contributed by atoms with Gasteiger partial charge in [-0.2, -0.15) is 0 Å². The molecule has 5 heteroatoms. The van der Waals surface area contributed by atoms with E-state index in [0.717, 1.165) is 24.3 Å². The van der Waals surface area contributed by atoms with Gasteiger partial charge in [-0.25, -0.2) is 0 Å². The van der Waals surface area contributed by atoms with Gasteiger partial charge in [0.15, 0.2) is 11.5 Å². The summed E-state index contributed by atoms with van der Waals surface area (Å²) in [6, 6.07) is 13.6. The molecule has 0 aromatic heterocycles. The van der Waals surface area contributed by atoms with E-state index in [0.29, 0.717) is 11.5 Å². The van der Waals surface area contributed by atoms with E-state index in [1.807, 2.05) is 30.3 Å². The first-order chi connectivity index (χ1) is 13.7. The topological polar surface area (TPSA) is 50.8 Å². The Balaban J connectivity index is 1.62. The summed E-state index contributed by atoms with van der Waals surface area (Å²) in [7, 11) is 3.18. The molecule has 1 aliphatic rings. The second-order valence-electron chi connectivity index (χ2n) is 6.85. The Morgan fingerprint density at radius 3 is 2.32 bits per heavy atom. The fourth-order valence-corrected chi connectivity index (χ4v) is 3.48. The zero-order chi connectivity index (χ0) is 19.8. The van der Waals surface area contributed by atoms with E-state index in [-0.39, 0.29) is 5.91 Å². The van der Waals surface area contributed by atoms with Crippen molar-refractivity contribution < 1.29 is 14.3 Å². The van der Waals surface area contributed by atoms with Gasteiger partial charge in [-0.05, 0) is 49.2 Å². The zero-order valence-electron chi connectivity index (χ0n) is 16.6. The molecule has 2 aromatic carbocycles. The van der Waals surface area contributed by atoms with Crippen LogP contribution in [0.5, 0.6) is 11.5 Å². The Hall–Kier alpha value is -2.95. The molecular formula is C23H28N2O3. The number of hydrogen-bond acceptors (Lipinski definition) is 4. The third kappa shape index (κ3) is 5.06. The Morgan fingerprint density at radius 2 is 1.68 bits per heavy atom. The summed E-state index contributed by atoms with van der Waals surface area (Å²) in [6.45, 7) is 2.22. The lowest BCUT2D eigenvalue weighted by molar-refractivity contribution is -0.111. The summed E-state index contributed by atoms with van der Waals surface area (Å²) in [4.78, 5) is 14.7. The van der Waals surface area contributed by atoms with Crippen LogP contribution in [-0.4, -0.2) is 33.2 Å². The SMILES string of the molecule is COc1cccc(C=CC(=O)Nc2ccc(N3CCCCCC3)cc2)c1OC. The summed E-state index contributed by atoms with van der Waals surface area (Å²) in [6.07, 6.45) is 8.35. The van der Waals surface area contributed by atoms with Gasteiger partial charge in [0.05, 0.1) is 14.2 Å². The van der Waals surface area contributed by atoms with Crippen molar-refractivity contribution in [3.63, 3.8) is 0 Å². The summed E-state index contributed by atoms with van der Waals surface area (Å²) in [5, 5.41) is 2.90. The molecule has 0 spiro atoms. The molecule has 0 unspecified atom stereocenters. The molecule has 5 nitrogen and oxygen atoms in total. The van der Waals surface area contributed by atoms with E-state index in [1.54, 1.807) is 20.3 Å². The van der Waals surface area contributed by atoms with Gasteiger partial charge in [0.2, 0.25) is 5.91 Å². The first-order valence-electron chi connectivity index (χ1n) is 9.76. The Morgan fingerprint density at radius 1 is 0.964 bits per heavy atom. The van der Waals surface area contributed by atoms with Crippen LogP contribution in [0.15, 0.2) is 48.5 Å². The van der Waals surface area contributed by atoms with Crippen molar-refractivity contribution in [2.45, 2.75) is 25.7 Å². The van der Waals surface area contributed by atoms with Gasteiger partial charge in [0, 0.05) is 36.1 Å². The number of carbonyl (C=O) groups excluding carboxylic acids is 1. The van der Waals surface area contributed by atoms with Crippen molar-refractivity contribution in [3.05, 3.63) is 54.1 Å². The lowest BCUT2D eigenvalue weighted by atomic mass is 10.1. The standard InChI is InChI=1S/C23H28N2O3/c1-27-21-9-7-8-18(23(21)28-2)10-15-22(26)24-19-11-13-20(14-12-19)25-16-5-3-4-6-17-25/h7-15H,3-6,16-17H2,1-2H3,(H,24,26). The normalized spacial score (nSPS) is 14.6. The quantitative estimate of drug-likeness (QED) is 0.736. The third-order valence-corrected chi connectivity index (χ3v) is 4.95. The molecule has 1 aliphatic heterocycles. The number of nitrogens with one attached hydrogen (secondary N) is 1. The Labute approximate surface area is 167 Å². The highest BCUT2D eigenvalue weighted by Gasteiger charge is 2.10. The molecule has 1 fully saturated rings. The predicted octanol–water partition coefficient (Wildman–Crippen LogP) is 4.74. The zero-order valence-corrected chi connectivity index (χ0v) is 16.6. The smallest absolute Gasteiger partial charge is 0.248 e. The average molecular weight is 380 g/mol. The van der Waals surface area contributed by atoms with Crippen molar-refractivity contribution in [1.82, 2.24) is 0 Å². The summed E-state index contributed by atoms with van der Waals surface area (Å²) in [5.41, 5.74) is 2.79. The second-order valence-corrected chi connectivity index (χ2v) is 6.85. The van der Waals surface area contributed by atoms with Crippen LogP contribution in [0, 0.1) is 0 Å². The summed E-state index contributed by atoms with van der Waals surface area (Å²) < 4.78 is 10.7. The molecule has 148 valence electrons. The lowest BCUT2D eigenvalue weighted by Gasteiger charge is -2.22. The molecule has 0 atom stereocenters. The number of benzene rings is 2. The first kappa shape index (κ1) is 19.8. The lowest BCUT2D eigenvalue weighted by Crippen LogP contribution is -2.23. The van der Waals surface area contributed by atoms with Gasteiger partial charge in [-0.15, -0.1) is 0 Å². The van der Waals surface area contributed by atoms with Crippen LogP contribution in [0.2, 0.25) is 0 Å². The molecule has 0 bridgehead atoms. The van der Waals surface area contributed by atoms with Crippen LogP contribution in [0.3, 0.4) is 0 Å². The van der Waals surface area contributed by atoms with Crippen LogP contribution in [0.25, 0.3) is 6.08 Å². The molecule has 28 heavy (non-hydrogen) atoms. The number of nitrogens with zero attached hydrogens (tertiary/aromatic N) is 1. The van der Waals surface area contributed by atoms with Crippen LogP contribution in [0.1, 0.15) is 31.2 Å². The number of carbonyl (C=O) groups is 1. The number of rotatable bonds is 6. The minimum Gasteiger partial charge on any atom is -0.493 e. The molecule has 0 saturated carbocycles. The summed E-state index contributed by atoms with van der Waals surface area (Å²) in [5.74, 6) is 1.05. The van der Waals surface area contributed by atoms with E-state index < -0.39 is 0 Å². The van der Waals surface area contributed by atoms with Crippen molar-refractivity contribution in [2.24, 2.45) is 0 Å². The first-order valence-corrected chi connectivity index (χ1v) is 9.76.